The standard InChI is InChI=1S/C11H10F4N2/c12-9-4-3-7(5-8(9)11(13,14)15)17-10(16)6-1-2-6/h3-6H,1-2H2,(H2,16,17). The summed E-state index contributed by atoms with van der Waals surface area (Å²) < 4.78 is 50.2. The molecule has 17 heavy (non-hydrogen) atoms. The first-order valence-corrected chi connectivity index (χ1v) is 5.09. The van der Waals surface area contributed by atoms with E-state index in [0.717, 1.165) is 18.9 Å². The third-order valence-electron chi connectivity index (χ3n) is 2.51. The van der Waals surface area contributed by atoms with Crippen LogP contribution in [-0.4, -0.2) is 5.84 Å². The first-order chi connectivity index (χ1) is 7.88. The van der Waals surface area contributed by atoms with Crippen molar-refractivity contribution in [3.63, 3.8) is 0 Å². The van der Waals surface area contributed by atoms with Crippen LogP contribution in [-0.2, 0) is 6.18 Å². The Morgan fingerprint density at radius 2 is 1.94 bits per heavy atom. The van der Waals surface area contributed by atoms with E-state index in [-0.39, 0.29) is 11.6 Å². The van der Waals surface area contributed by atoms with Crippen LogP contribution in [0.4, 0.5) is 23.2 Å². The molecule has 1 aromatic rings. The lowest BCUT2D eigenvalue weighted by Gasteiger charge is -2.08. The topological polar surface area (TPSA) is 38.4 Å². The van der Waals surface area contributed by atoms with Crippen molar-refractivity contribution in [1.29, 1.82) is 0 Å². The van der Waals surface area contributed by atoms with E-state index < -0.39 is 17.6 Å². The Kier molecular flexibility index (Phi) is 2.81. The maximum Gasteiger partial charge on any atom is 0.419 e. The van der Waals surface area contributed by atoms with E-state index in [4.69, 9.17) is 5.73 Å². The highest BCUT2D eigenvalue weighted by Crippen LogP contribution is 2.34. The van der Waals surface area contributed by atoms with Crippen LogP contribution in [0, 0.1) is 11.7 Å². The van der Waals surface area contributed by atoms with Crippen molar-refractivity contribution in [3.8, 4) is 0 Å². The highest BCUT2D eigenvalue weighted by molar-refractivity contribution is 5.87. The third-order valence-corrected chi connectivity index (χ3v) is 2.51. The molecule has 2 rings (SSSR count). The van der Waals surface area contributed by atoms with Gasteiger partial charge < -0.3 is 5.73 Å². The highest BCUT2D eigenvalue weighted by Gasteiger charge is 2.34. The Bertz CT molecular complexity index is 461. The molecule has 2 nitrogen and oxygen atoms in total. The monoisotopic (exact) mass is 246 g/mol. The Morgan fingerprint density at radius 1 is 1.29 bits per heavy atom. The van der Waals surface area contributed by atoms with Crippen LogP contribution in [0.2, 0.25) is 0 Å². The molecule has 1 aliphatic carbocycles. The summed E-state index contributed by atoms with van der Waals surface area (Å²) in [7, 11) is 0. The fourth-order valence-corrected chi connectivity index (χ4v) is 1.42. The minimum Gasteiger partial charge on any atom is -0.387 e. The van der Waals surface area contributed by atoms with E-state index >= 15 is 0 Å². The van der Waals surface area contributed by atoms with E-state index in [9.17, 15) is 17.6 Å². The number of amidine groups is 1. The normalized spacial score (nSPS) is 17.3. The summed E-state index contributed by atoms with van der Waals surface area (Å²) in [6.45, 7) is 0. The van der Waals surface area contributed by atoms with E-state index in [2.05, 4.69) is 4.99 Å². The van der Waals surface area contributed by atoms with Crippen LogP contribution in [0.3, 0.4) is 0 Å². The maximum absolute atomic E-state index is 13.0. The summed E-state index contributed by atoms with van der Waals surface area (Å²) in [5.74, 6) is -0.833. The summed E-state index contributed by atoms with van der Waals surface area (Å²) in [6.07, 6.45) is -2.91. The number of halogens is 4. The predicted molar refractivity (Wildman–Crippen MR) is 55.4 cm³/mol. The van der Waals surface area contributed by atoms with Crippen LogP contribution in [0.1, 0.15) is 18.4 Å². The number of hydrogen-bond donors (Lipinski definition) is 1. The van der Waals surface area contributed by atoms with Gasteiger partial charge in [0.2, 0.25) is 0 Å². The second kappa shape index (κ2) is 4.01. The van der Waals surface area contributed by atoms with Gasteiger partial charge in [-0.3, -0.25) is 0 Å². The fraction of sp³-hybridized carbons (Fsp3) is 0.364. The number of nitrogens with two attached hydrogens (primary N) is 1. The first kappa shape index (κ1) is 11.9. The lowest BCUT2D eigenvalue weighted by molar-refractivity contribution is -0.139. The fourth-order valence-electron chi connectivity index (χ4n) is 1.42. The smallest absolute Gasteiger partial charge is 0.387 e. The van der Waals surface area contributed by atoms with Gasteiger partial charge in [-0.25, -0.2) is 9.38 Å². The summed E-state index contributed by atoms with van der Waals surface area (Å²) in [6, 6.07) is 2.60. The van der Waals surface area contributed by atoms with Gasteiger partial charge in [-0.2, -0.15) is 13.2 Å². The average molecular weight is 246 g/mol. The first-order valence-electron chi connectivity index (χ1n) is 5.09. The van der Waals surface area contributed by atoms with E-state index in [0.29, 0.717) is 11.9 Å². The molecule has 0 heterocycles. The lowest BCUT2D eigenvalue weighted by atomic mass is 10.2. The zero-order chi connectivity index (χ0) is 12.6. The van der Waals surface area contributed by atoms with Gasteiger partial charge in [0.15, 0.2) is 0 Å². The summed E-state index contributed by atoms with van der Waals surface area (Å²) in [5.41, 5.74) is 4.30. The molecule has 0 radical (unpaired) electrons. The summed E-state index contributed by atoms with van der Waals surface area (Å²) >= 11 is 0. The molecule has 0 unspecified atom stereocenters. The molecule has 1 aromatic carbocycles. The molecular weight excluding hydrogens is 236 g/mol. The SMILES string of the molecule is NC(=Nc1ccc(F)c(C(F)(F)F)c1)C1CC1. The van der Waals surface area contributed by atoms with Gasteiger partial charge >= 0.3 is 6.18 Å². The number of rotatable bonds is 2. The Labute approximate surface area is 95.1 Å². The van der Waals surface area contributed by atoms with Gasteiger partial charge in [0.25, 0.3) is 0 Å². The molecule has 0 spiro atoms. The second-order valence-electron chi connectivity index (χ2n) is 3.97. The van der Waals surface area contributed by atoms with Gasteiger partial charge in [0.05, 0.1) is 11.3 Å². The van der Waals surface area contributed by atoms with E-state index in [1.54, 1.807) is 0 Å². The molecular formula is C11H10F4N2. The lowest BCUT2D eigenvalue weighted by Crippen LogP contribution is -2.13. The van der Waals surface area contributed by atoms with Crippen LogP contribution >= 0.6 is 0 Å². The maximum atomic E-state index is 13.0. The van der Waals surface area contributed by atoms with E-state index in [1.807, 2.05) is 0 Å². The predicted octanol–water partition coefficient (Wildman–Crippen LogP) is 3.24. The van der Waals surface area contributed by atoms with Crippen LogP contribution in [0.25, 0.3) is 0 Å². The Hall–Kier alpha value is -1.59. The third kappa shape index (κ3) is 2.75. The summed E-state index contributed by atoms with van der Waals surface area (Å²) in [5, 5.41) is 0. The molecule has 0 saturated heterocycles. The van der Waals surface area contributed by atoms with E-state index in [1.165, 1.54) is 6.07 Å². The number of aliphatic imine (C=N–C) groups is 1. The Morgan fingerprint density at radius 3 is 2.47 bits per heavy atom. The van der Waals surface area contributed by atoms with Gasteiger partial charge in [0, 0.05) is 5.92 Å². The van der Waals surface area contributed by atoms with Crippen molar-refractivity contribution in [2.75, 3.05) is 0 Å². The molecule has 0 aliphatic heterocycles. The van der Waals surface area contributed by atoms with Crippen LogP contribution in [0.5, 0.6) is 0 Å². The number of hydrogen-bond acceptors (Lipinski definition) is 1. The molecule has 0 amide bonds. The minimum atomic E-state index is -4.72. The molecule has 0 aromatic heterocycles. The van der Waals surface area contributed by atoms with Gasteiger partial charge in [-0.1, -0.05) is 0 Å². The van der Waals surface area contributed by atoms with Gasteiger partial charge in [0.1, 0.15) is 11.7 Å². The molecule has 0 bridgehead atoms. The zero-order valence-electron chi connectivity index (χ0n) is 8.76. The molecule has 1 fully saturated rings. The van der Waals surface area contributed by atoms with Crippen molar-refractivity contribution in [2.45, 2.75) is 19.0 Å². The van der Waals surface area contributed by atoms with Crippen molar-refractivity contribution in [3.05, 3.63) is 29.6 Å². The molecule has 0 atom stereocenters. The number of benzene rings is 1. The van der Waals surface area contributed by atoms with Crippen molar-refractivity contribution in [1.82, 2.24) is 0 Å². The summed E-state index contributed by atoms with van der Waals surface area (Å²) in [4.78, 5) is 3.86. The highest BCUT2D eigenvalue weighted by atomic mass is 19.4. The van der Waals surface area contributed by atoms with Crippen molar-refractivity contribution in [2.24, 2.45) is 16.6 Å². The van der Waals surface area contributed by atoms with Crippen molar-refractivity contribution < 1.29 is 17.6 Å². The molecule has 2 N–H and O–H groups in total. The molecule has 1 saturated carbocycles. The number of alkyl halides is 3. The average Bonchev–Trinajstić information content (AvgIpc) is 3.02. The minimum absolute atomic E-state index is 0.0307. The second-order valence-corrected chi connectivity index (χ2v) is 3.97. The Balaban J connectivity index is 2.34. The van der Waals surface area contributed by atoms with Crippen molar-refractivity contribution >= 4 is 11.5 Å². The van der Waals surface area contributed by atoms with Gasteiger partial charge in [-0.15, -0.1) is 0 Å². The largest absolute Gasteiger partial charge is 0.419 e. The molecule has 1 aliphatic rings. The van der Waals surface area contributed by atoms with Crippen LogP contribution < -0.4 is 5.73 Å². The van der Waals surface area contributed by atoms with Gasteiger partial charge in [-0.05, 0) is 31.0 Å². The molecule has 92 valence electrons. The number of nitrogens with zero attached hydrogens (tertiary/aromatic N) is 1. The molecule has 6 heteroatoms. The van der Waals surface area contributed by atoms with Crippen LogP contribution in [0.15, 0.2) is 23.2 Å². The quantitative estimate of drug-likeness (QED) is 0.485. The zero-order valence-corrected chi connectivity index (χ0v) is 8.76.